The van der Waals surface area contributed by atoms with Crippen molar-refractivity contribution in [3.8, 4) is 11.5 Å². The molecule has 6 nitrogen and oxygen atoms in total. The number of hydrogen-bond acceptors (Lipinski definition) is 6. The molecule has 0 aliphatic carbocycles. The Hall–Kier alpha value is -2.11. The van der Waals surface area contributed by atoms with E-state index in [2.05, 4.69) is 22.6 Å². The first kappa shape index (κ1) is 21.6. The highest BCUT2D eigenvalue weighted by Crippen LogP contribution is 2.39. The summed E-state index contributed by atoms with van der Waals surface area (Å²) < 4.78 is 12.2. The molecule has 0 unspecified atom stereocenters. The van der Waals surface area contributed by atoms with E-state index >= 15 is 0 Å². The van der Waals surface area contributed by atoms with E-state index < -0.39 is 5.97 Å². The molecule has 150 valence electrons. The van der Waals surface area contributed by atoms with Crippen molar-refractivity contribution in [2.75, 3.05) is 18.6 Å². The lowest BCUT2D eigenvalue weighted by atomic mass is 10.1. The molecule has 29 heavy (non-hydrogen) atoms. The Kier molecular flexibility index (Phi) is 6.81. The molecule has 0 saturated carbocycles. The summed E-state index contributed by atoms with van der Waals surface area (Å²) in [6, 6.07) is 9.83. The van der Waals surface area contributed by atoms with Crippen molar-refractivity contribution in [3.63, 3.8) is 0 Å². The zero-order valence-corrected chi connectivity index (χ0v) is 19.3. The zero-order chi connectivity index (χ0) is 21.1. The maximum Gasteiger partial charge on any atom is 0.335 e. The van der Waals surface area contributed by atoms with E-state index in [0.717, 1.165) is 9.13 Å². The predicted molar refractivity (Wildman–Crippen MR) is 126 cm³/mol. The Bertz CT molecular complexity index is 1040. The van der Waals surface area contributed by atoms with Gasteiger partial charge in [0.15, 0.2) is 15.8 Å². The number of amides is 1. The van der Waals surface area contributed by atoms with E-state index in [0.29, 0.717) is 33.0 Å². The van der Waals surface area contributed by atoms with Crippen molar-refractivity contribution in [2.45, 2.75) is 6.92 Å². The van der Waals surface area contributed by atoms with Crippen molar-refractivity contribution >= 4 is 74.5 Å². The van der Waals surface area contributed by atoms with Crippen LogP contribution in [0.4, 0.5) is 5.69 Å². The van der Waals surface area contributed by atoms with Crippen LogP contribution in [-0.2, 0) is 4.79 Å². The number of carbonyl (C=O) groups excluding carboxylic acids is 1. The van der Waals surface area contributed by atoms with E-state index in [4.69, 9.17) is 21.7 Å². The molecule has 0 aromatic heterocycles. The highest BCUT2D eigenvalue weighted by molar-refractivity contribution is 14.1. The van der Waals surface area contributed by atoms with Gasteiger partial charge >= 0.3 is 5.97 Å². The summed E-state index contributed by atoms with van der Waals surface area (Å²) in [5, 5.41) is 9.19. The molecular weight excluding hydrogens is 525 g/mol. The molecule has 1 heterocycles. The molecule has 1 aliphatic rings. The average molecular weight is 541 g/mol. The van der Waals surface area contributed by atoms with Crippen LogP contribution < -0.4 is 14.4 Å². The summed E-state index contributed by atoms with van der Waals surface area (Å²) in [6.07, 6.45) is 1.74. The van der Waals surface area contributed by atoms with Crippen LogP contribution in [0, 0.1) is 3.57 Å². The van der Waals surface area contributed by atoms with Crippen LogP contribution >= 0.6 is 46.6 Å². The molecule has 3 rings (SSSR count). The molecule has 2 aromatic carbocycles. The number of nitrogens with zero attached hydrogens (tertiary/aromatic N) is 1. The minimum atomic E-state index is -1.07. The third-order valence-corrected chi connectivity index (χ3v) is 6.08. The number of hydrogen-bond donors (Lipinski definition) is 1. The second-order valence-electron chi connectivity index (χ2n) is 5.84. The first-order valence-electron chi connectivity index (χ1n) is 8.47. The Balaban J connectivity index is 1.96. The van der Waals surface area contributed by atoms with Gasteiger partial charge in [-0.2, -0.15) is 0 Å². The Labute approximate surface area is 191 Å². The topological polar surface area (TPSA) is 76.1 Å². The lowest BCUT2D eigenvalue weighted by molar-refractivity contribution is -0.113. The number of anilines is 1. The molecule has 1 saturated heterocycles. The molecule has 1 amide bonds. The molecule has 2 aromatic rings. The van der Waals surface area contributed by atoms with Crippen LogP contribution in [0.3, 0.4) is 0 Å². The number of carboxylic acids is 1. The quantitative estimate of drug-likeness (QED) is 0.320. The van der Waals surface area contributed by atoms with E-state index in [9.17, 15) is 14.7 Å². The van der Waals surface area contributed by atoms with Gasteiger partial charge in [-0.05, 0) is 71.5 Å². The van der Waals surface area contributed by atoms with Gasteiger partial charge in [0.25, 0.3) is 5.91 Å². The van der Waals surface area contributed by atoms with Crippen LogP contribution in [-0.4, -0.2) is 35.0 Å². The summed E-state index contributed by atoms with van der Waals surface area (Å²) in [7, 11) is 1.58. The normalized spacial score (nSPS) is 15.1. The minimum Gasteiger partial charge on any atom is -0.492 e. The van der Waals surface area contributed by atoms with Gasteiger partial charge in [0.2, 0.25) is 0 Å². The minimum absolute atomic E-state index is 0.0894. The maximum atomic E-state index is 13.0. The number of aromatic carboxylic acids is 1. The molecule has 1 fully saturated rings. The number of thiocarbonyl (C=S) groups is 1. The first-order valence-corrected chi connectivity index (χ1v) is 10.8. The van der Waals surface area contributed by atoms with Crippen molar-refractivity contribution < 1.29 is 24.2 Å². The zero-order valence-electron chi connectivity index (χ0n) is 15.5. The Morgan fingerprint density at radius 1 is 1.34 bits per heavy atom. The highest BCUT2D eigenvalue weighted by Gasteiger charge is 2.33. The maximum absolute atomic E-state index is 13.0. The predicted octanol–water partition coefficient (Wildman–Crippen LogP) is 4.80. The lowest BCUT2D eigenvalue weighted by Gasteiger charge is -2.15. The van der Waals surface area contributed by atoms with Crippen LogP contribution in [0.25, 0.3) is 6.08 Å². The van der Waals surface area contributed by atoms with Gasteiger partial charge in [0.05, 0.1) is 33.4 Å². The number of benzene rings is 2. The SMILES string of the molecule is CCOc1cc(/C=C2/SC(=S)N(c3cccc(C(=O)O)c3)C2=O)cc(I)c1OC. The number of rotatable bonds is 6. The standard InChI is InChI=1S/C20H16INO5S2/c1-3-27-15-8-11(7-14(21)17(15)26-2)9-16-18(23)22(20(28)29-16)13-6-4-5-12(10-13)19(24)25/h4-10H,3H2,1-2H3,(H,24,25)/b16-9+. The van der Waals surface area contributed by atoms with Gasteiger partial charge in [-0.25, -0.2) is 4.79 Å². The molecule has 1 N–H and O–H groups in total. The summed E-state index contributed by atoms with van der Waals surface area (Å²) in [5.74, 6) is -0.129. The van der Waals surface area contributed by atoms with E-state index in [-0.39, 0.29) is 11.5 Å². The second kappa shape index (κ2) is 9.14. The molecular formula is C20H16INO5S2. The molecule has 9 heteroatoms. The first-order chi connectivity index (χ1) is 13.8. The largest absolute Gasteiger partial charge is 0.492 e. The van der Waals surface area contributed by atoms with Crippen molar-refractivity contribution in [1.82, 2.24) is 0 Å². The Morgan fingerprint density at radius 3 is 2.76 bits per heavy atom. The molecule has 0 atom stereocenters. The van der Waals surface area contributed by atoms with E-state index in [1.165, 1.54) is 28.8 Å². The van der Waals surface area contributed by atoms with Crippen molar-refractivity contribution in [3.05, 3.63) is 56.0 Å². The lowest BCUT2D eigenvalue weighted by Crippen LogP contribution is -2.27. The van der Waals surface area contributed by atoms with Crippen molar-refractivity contribution in [1.29, 1.82) is 0 Å². The fourth-order valence-corrected chi connectivity index (χ4v) is 4.90. The van der Waals surface area contributed by atoms with Gasteiger partial charge in [-0.3, -0.25) is 9.69 Å². The summed E-state index contributed by atoms with van der Waals surface area (Å²) >= 11 is 8.69. The van der Waals surface area contributed by atoms with E-state index in [1.807, 2.05) is 19.1 Å². The van der Waals surface area contributed by atoms with Gasteiger partial charge in [0.1, 0.15) is 0 Å². The van der Waals surface area contributed by atoms with Crippen LogP contribution in [0.5, 0.6) is 11.5 Å². The van der Waals surface area contributed by atoms with Gasteiger partial charge < -0.3 is 14.6 Å². The van der Waals surface area contributed by atoms with Gasteiger partial charge in [0, 0.05) is 0 Å². The fourth-order valence-electron chi connectivity index (χ4n) is 2.75. The number of halogens is 1. The molecule has 0 radical (unpaired) electrons. The Morgan fingerprint density at radius 2 is 2.10 bits per heavy atom. The smallest absolute Gasteiger partial charge is 0.335 e. The van der Waals surface area contributed by atoms with Crippen LogP contribution in [0.1, 0.15) is 22.8 Å². The number of carbonyl (C=O) groups is 2. The molecule has 1 aliphatic heterocycles. The number of carboxylic acid groups (broad SMARTS) is 1. The average Bonchev–Trinajstić information content (AvgIpc) is 2.95. The number of thioether (sulfide) groups is 1. The monoisotopic (exact) mass is 541 g/mol. The van der Waals surface area contributed by atoms with Gasteiger partial charge in [-0.1, -0.05) is 30.0 Å². The van der Waals surface area contributed by atoms with Crippen LogP contribution in [0.2, 0.25) is 0 Å². The molecule has 0 spiro atoms. The van der Waals surface area contributed by atoms with Gasteiger partial charge in [-0.15, -0.1) is 0 Å². The second-order valence-corrected chi connectivity index (χ2v) is 8.68. The summed E-state index contributed by atoms with van der Waals surface area (Å²) in [6.45, 7) is 2.37. The highest BCUT2D eigenvalue weighted by atomic mass is 127. The number of methoxy groups -OCH3 is 1. The van der Waals surface area contributed by atoms with Crippen molar-refractivity contribution in [2.24, 2.45) is 0 Å². The fraction of sp³-hybridized carbons (Fsp3) is 0.150. The number of ether oxygens (including phenoxy) is 2. The molecule has 0 bridgehead atoms. The van der Waals surface area contributed by atoms with E-state index in [1.54, 1.807) is 25.3 Å². The van der Waals surface area contributed by atoms with Crippen LogP contribution in [0.15, 0.2) is 41.3 Å². The third-order valence-electron chi connectivity index (χ3n) is 3.98. The summed E-state index contributed by atoms with van der Waals surface area (Å²) in [5.41, 5.74) is 1.29. The summed E-state index contributed by atoms with van der Waals surface area (Å²) in [4.78, 5) is 26.0. The third kappa shape index (κ3) is 4.57.